The van der Waals surface area contributed by atoms with Gasteiger partial charge in [-0.15, -0.1) is 0 Å². The second kappa shape index (κ2) is 9.92. The molecule has 0 saturated heterocycles. The minimum Gasteiger partial charge on any atom is -0.489 e. The number of nitrogens with zero attached hydrogens (tertiary/aromatic N) is 5. The summed E-state index contributed by atoms with van der Waals surface area (Å²) in [6.45, 7) is 7.24. The van der Waals surface area contributed by atoms with Gasteiger partial charge in [0.2, 0.25) is 5.13 Å². The molecule has 0 spiro atoms. The number of pyridine rings is 2. The summed E-state index contributed by atoms with van der Waals surface area (Å²) in [5.74, 6) is -0.295. The van der Waals surface area contributed by atoms with Crippen LogP contribution in [0.3, 0.4) is 0 Å². The molecule has 0 atom stereocenters. The minimum atomic E-state index is -4.59. The normalized spacial score (nSPS) is 11.7. The second-order valence-electron chi connectivity index (χ2n) is 8.30. The largest absolute Gasteiger partial charge is 0.489 e. The maximum absolute atomic E-state index is 13.6. The van der Waals surface area contributed by atoms with Crippen LogP contribution >= 0.6 is 11.5 Å². The van der Waals surface area contributed by atoms with Gasteiger partial charge in [-0.2, -0.15) is 22.5 Å². The molecule has 0 unspecified atom stereocenters. The van der Waals surface area contributed by atoms with Crippen LogP contribution < -0.4 is 10.1 Å². The van der Waals surface area contributed by atoms with Crippen LogP contribution in [-0.2, 0) is 6.18 Å². The van der Waals surface area contributed by atoms with Gasteiger partial charge in [0.05, 0.1) is 23.4 Å². The first-order chi connectivity index (χ1) is 15.9. The van der Waals surface area contributed by atoms with Crippen molar-refractivity contribution in [3.63, 3.8) is 0 Å². The Morgan fingerprint density at radius 1 is 1.12 bits per heavy atom. The Balaban J connectivity index is 1.94. The van der Waals surface area contributed by atoms with Crippen LogP contribution in [0.4, 0.5) is 24.1 Å². The van der Waals surface area contributed by atoms with Gasteiger partial charge in [0.15, 0.2) is 11.6 Å². The molecule has 0 aliphatic rings. The Labute approximate surface area is 199 Å². The van der Waals surface area contributed by atoms with Gasteiger partial charge in [-0.1, -0.05) is 13.8 Å². The van der Waals surface area contributed by atoms with Crippen molar-refractivity contribution < 1.29 is 22.7 Å². The Bertz CT molecular complexity index is 1180. The van der Waals surface area contributed by atoms with Crippen LogP contribution in [-0.4, -0.2) is 50.3 Å². The van der Waals surface area contributed by atoms with E-state index in [1.807, 2.05) is 13.8 Å². The molecule has 0 aromatic carbocycles. The van der Waals surface area contributed by atoms with Crippen LogP contribution in [0, 0.1) is 0 Å². The van der Waals surface area contributed by atoms with E-state index in [1.165, 1.54) is 23.4 Å². The number of hydrogen-bond donors (Lipinski definition) is 1. The van der Waals surface area contributed by atoms with Gasteiger partial charge in [0.1, 0.15) is 11.5 Å². The van der Waals surface area contributed by atoms with Crippen LogP contribution in [0.15, 0.2) is 24.5 Å². The van der Waals surface area contributed by atoms with Gasteiger partial charge in [0.25, 0.3) is 5.91 Å². The summed E-state index contributed by atoms with van der Waals surface area (Å²) in [6, 6.07) is 2.58. The number of carbonyl (C=O) groups is 1. The zero-order valence-corrected chi connectivity index (χ0v) is 20.4. The predicted molar refractivity (Wildman–Crippen MR) is 124 cm³/mol. The zero-order chi connectivity index (χ0) is 25.2. The van der Waals surface area contributed by atoms with Crippen molar-refractivity contribution in [3.8, 4) is 17.3 Å². The number of carbonyl (C=O) groups excluding carboxylic acids is 1. The molecule has 12 heteroatoms. The van der Waals surface area contributed by atoms with E-state index in [0.717, 1.165) is 17.6 Å². The highest BCUT2D eigenvalue weighted by Crippen LogP contribution is 2.37. The molecule has 0 fully saturated rings. The van der Waals surface area contributed by atoms with Crippen LogP contribution in [0.1, 0.15) is 55.1 Å². The van der Waals surface area contributed by atoms with Crippen LogP contribution in [0.2, 0.25) is 0 Å². The molecule has 0 saturated carbocycles. The fourth-order valence-electron chi connectivity index (χ4n) is 2.91. The number of halogens is 3. The van der Waals surface area contributed by atoms with E-state index in [1.54, 1.807) is 27.9 Å². The number of aromatic nitrogens is 4. The fraction of sp³-hybridized carbons (Fsp3) is 0.409. The van der Waals surface area contributed by atoms with Crippen molar-refractivity contribution in [2.45, 2.75) is 45.9 Å². The Kier molecular flexibility index (Phi) is 7.39. The molecule has 0 radical (unpaired) electrons. The SMILES string of the molecule is CC(C)Oc1cnc(-c2nsc(Nc3ncc(C(C)C)cc3C(F)(F)F)n2)cc1C(=O)N(C)C. The van der Waals surface area contributed by atoms with E-state index in [9.17, 15) is 18.0 Å². The molecule has 34 heavy (non-hydrogen) atoms. The molecule has 3 heterocycles. The Morgan fingerprint density at radius 2 is 1.82 bits per heavy atom. The molecule has 3 aromatic heterocycles. The zero-order valence-electron chi connectivity index (χ0n) is 19.6. The number of anilines is 2. The predicted octanol–water partition coefficient (Wildman–Crippen LogP) is 5.37. The number of rotatable bonds is 7. The molecule has 0 bridgehead atoms. The number of ether oxygens (including phenoxy) is 1. The first-order valence-electron chi connectivity index (χ1n) is 10.4. The molecule has 0 aliphatic heterocycles. The average molecular weight is 495 g/mol. The van der Waals surface area contributed by atoms with Gasteiger partial charge in [0, 0.05) is 31.8 Å². The van der Waals surface area contributed by atoms with Crippen molar-refractivity contribution in [3.05, 3.63) is 41.2 Å². The van der Waals surface area contributed by atoms with Gasteiger partial charge in [-0.25, -0.2) is 9.97 Å². The summed E-state index contributed by atoms with van der Waals surface area (Å²) >= 11 is 0.858. The lowest BCUT2D eigenvalue weighted by molar-refractivity contribution is -0.137. The van der Waals surface area contributed by atoms with Crippen LogP contribution in [0.5, 0.6) is 5.75 Å². The van der Waals surface area contributed by atoms with E-state index >= 15 is 0 Å². The monoisotopic (exact) mass is 494 g/mol. The van der Waals surface area contributed by atoms with Crippen LogP contribution in [0.25, 0.3) is 11.5 Å². The summed E-state index contributed by atoms with van der Waals surface area (Å²) in [5, 5.41) is 2.72. The summed E-state index contributed by atoms with van der Waals surface area (Å²) in [4.78, 5) is 26.5. The van der Waals surface area contributed by atoms with Crippen molar-refractivity contribution in [2.75, 3.05) is 19.4 Å². The summed E-state index contributed by atoms with van der Waals surface area (Å²) < 4.78 is 50.7. The molecule has 3 rings (SSSR count). The van der Waals surface area contributed by atoms with E-state index in [0.29, 0.717) is 11.3 Å². The van der Waals surface area contributed by atoms with Crippen molar-refractivity contribution >= 4 is 28.4 Å². The summed E-state index contributed by atoms with van der Waals surface area (Å²) in [7, 11) is 3.22. The van der Waals surface area contributed by atoms with Crippen molar-refractivity contribution in [2.24, 2.45) is 0 Å². The maximum Gasteiger partial charge on any atom is 0.419 e. The molecular formula is C22H25F3N6O2S. The van der Waals surface area contributed by atoms with Gasteiger partial charge < -0.3 is 15.0 Å². The average Bonchev–Trinajstić information content (AvgIpc) is 3.20. The van der Waals surface area contributed by atoms with Gasteiger partial charge in [-0.05, 0) is 37.5 Å². The number of amides is 1. The fourth-order valence-corrected chi connectivity index (χ4v) is 3.49. The lowest BCUT2D eigenvalue weighted by Gasteiger charge is -2.16. The molecular weight excluding hydrogens is 469 g/mol. The van der Waals surface area contributed by atoms with E-state index in [2.05, 4.69) is 24.6 Å². The molecule has 8 nitrogen and oxygen atoms in total. The van der Waals surface area contributed by atoms with E-state index in [4.69, 9.17) is 4.74 Å². The van der Waals surface area contributed by atoms with Gasteiger partial charge >= 0.3 is 6.18 Å². The Morgan fingerprint density at radius 3 is 2.41 bits per heavy atom. The maximum atomic E-state index is 13.6. The minimum absolute atomic E-state index is 0.107. The van der Waals surface area contributed by atoms with E-state index in [-0.39, 0.29) is 46.0 Å². The molecule has 182 valence electrons. The molecule has 3 aromatic rings. The Hall–Kier alpha value is -3.28. The summed E-state index contributed by atoms with van der Waals surface area (Å²) in [6.07, 6.45) is -1.96. The van der Waals surface area contributed by atoms with E-state index < -0.39 is 11.7 Å². The third kappa shape index (κ3) is 5.79. The summed E-state index contributed by atoms with van der Waals surface area (Å²) in [5.41, 5.74) is 0.146. The first-order valence-corrected chi connectivity index (χ1v) is 11.2. The smallest absolute Gasteiger partial charge is 0.419 e. The second-order valence-corrected chi connectivity index (χ2v) is 9.05. The number of hydrogen-bond acceptors (Lipinski definition) is 8. The van der Waals surface area contributed by atoms with Crippen molar-refractivity contribution in [1.82, 2.24) is 24.2 Å². The molecule has 1 N–H and O–H groups in total. The first kappa shape index (κ1) is 25.3. The standard InChI is InChI=1S/C22H25F3N6O2S/c1-11(2)13-7-15(22(23,24)25)18(27-9-13)28-21-29-19(30-34-21)16-8-14(20(32)31(5)6)17(10-26-16)33-12(3)4/h7-12H,1-6H3,(H,27,28,29,30). The van der Waals surface area contributed by atoms with Gasteiger partial charge in [-0.3, -0.25) is 4.79 Å². The third-order valence-electron chi connectivity index (χ3n) is 4.63. The lowest BCUT2D eigenvalue weighted by atomic mass is 10.0. The topological polar surface area (TPSA) is 93.1 Å². The highest BCUT2D eigenvalue weighted by atomic mass is 32.1. The number of alkyl halides is 3. The quantitative estimate of drug-likeness (QED) is 0.472. The number of nitrogens with one attached hydrogen (secondary N) is 1. The lowest BCUT2D eigenvalue weighted by Crippen LogP contribution is -2.23. The highest BCUT2D eigenvalue weighted by molar-refractivity contribution is 7.09. The molecule has 0 aliphatic carbocycles. The highest BCUT2D eigenvalue weighted by Gasteiger charge is 2.35. The van der Waals surface area contributed by atoms with Crippen molar-refractivity contribution in [1.29, 1.82) is 0 Å². The molecule has 1 amide bonds. The third-order valence-corrected chi connectivity index (χ3v) is 5.26.